The van der Waals surface area contributed by atoms with Crippen molar-refractivity contribution in [2.45, 2.75) is 75.9 Å². The topological polar surface area (TPSA) is 114 Å². The van der Waals surface area contributed by atoms with Crippen LogP contribution in [-0.2, 0) is 20.7 Å². The number of hydrogen-bond donors (Lipinski definition) is 2. The summed E-state index contributed by atoms with van der Waals surface area (Å²) in [5.74, 6) is 0.615. The summed E-state index contributed by atoms with van der Waals surface area (Å²) in [6.07, 6.45) is 7.68. The van der Waals surface area contributed by atoms with Gasteiger partial charge in [0.05, 0.1) is 29.8 Å². The standard InChI is InChI=1S/C31H39ClN2O7/c1-34(14-15-40-31(38)33-27-18-28(39-2)22(19-35)16-26(27)32)23-10-12-24(13-11-23)41-29(36)17-21-8-5-9-25(30(21)37)20-6-3-4-7-20/h5,8-9,16,18-20,23-24,37H,3-4,6-7,10-15,17H2,1-2H3,(H,33,38). The van der Waals surface area contributed by atoms with Gasteiger partial charge in [-0.05, 0) is 63.1 Å². The average molecular weight is 587 g/mol. The van der Waals surface area contributed by atoms with E-state index in [1.165, 1.54) is 32.1 Å². The summed E-state index contributed by atoms with van der Waals surface area (Å²) in [5.41, 5.74) is 2.16. The lowest BCUT2D eigenvalue weighted by Gasteiger charge is -2.34. The molecule has 2 saturated carbocycles. The van der Waals surface area contributed by atoms with Gasteiger partial charge < -0.3 is 24.2 Å². The second-order valence-corrected chi connectivity index (χ2v) is 11.3. The number of nitrogens with one attached hydrogen (secondary N) is 1. The fourth-order valence-electron chi connectivity index (χ4n) is 5.85. The third kappa shape index (κ3) is 8.14. The Hall–Kier alpha value is -3.30. The number of methoxy groups -OCH3 is 1. The monoisotopic (exact) mass is 586 g/mol. The molecule has 2 N–H and O–H groups in total. The number of carbonyl (C=O) groups is 3. The summed E-state index contributed by atoms with van der Waals surface area (Å²) in [7, 11) is 3.41. The quantitative estimate of drug-likeness (QED) is 0.240. The molecular weight excluding hydrogens is 548 g/mol. The van der Waals surface area contributed by atoms with Crippen LogP contribution in [0.2, 0.25) is 5.02 Å². The van der Waals surface area contributed by atoms with Crippen molar-refractivity contribution in [3.05, 3.63) is 52.0 Å². The number of anilines is 1. The first-order valence-corrected chi connectivity index (χ1v) is 14.6. The highest BCUT2D eigenvalue weighted by molar-refractivity contribution is 6.34. The average Bonchev–Trinajstić information content (AvgIpc) is 3.50. The number of aromatic hydroxyl groups is 1. The Morgan fingerprint density at radius 1 is 1.12 bits per heavy atom. The van der Waals surface area contributed by atoms with Gasteiger partial charge in [0.2, 0.25) is 0 Å². The van der Waals surface area contributed by atoms with E-state index < -0.39 is 6.09 Å². The van der Waals surface area contributed by atoms with Crippen molar-refractivity contribution in [1.29, 1.82) is 0 Å². The number of halogens is 1. The minimum Gasteiger partial charge on any atom is -0.507 e. The first-order valence-electron chi connectivity index (χ1n) is 14.3. The third-order valence-electron chi connectivity index (χ3n) is 8.21. The van der Waals surface area contributed by atoms with E-state index in [-0.39, 0.29) is 47.1 Å². The van der Waals surface area contributed by atoms with Crippen molar-refractivity contribution < 1.29 is 33.7 Å². The number of amides is 1. The lowest BCUT2D eigenvalue weighted by Crippen LogP contribution is -2.39. The van der Waals surface area contributed by atoms with Gasteiger partial charge in [-0.2, -0.15) is 0 Å². The second-order valence-electron chi connectivity index (χ2n) is 10.9. The first kappa shape index (κ1) is 30.7. The number of benzene rings is 2. The Balaban J connectivity index is 1.16. The van der Waals surface area contributed by atoms with Crippen molar-refractivity contribution in [1.82, 2.24) is 4.90 Å². The van der Waals surface area contributed by atoms with Crippen LogP contribution < -0.4 is 10.1 Å². The predicted molar refractivity (Wildman–Crippen MR) is 156 cm³/mol. The van der Waals surface area contributed by atoms with Crippen LogP contribution >= 0.6 is 11.6 Å². The van der Waals surface area contributed by atoms with Crippen LogP contribution in [0.25, 0.3) is 0 Å². The zero-order chi connectivity index (χ0) is 29.4. The van der Waals surface area contributed by atoms with E-state index in [9.17, 15) is 19.5 Å². The Kier molecular flexibility index (Phi) is 10.9. The minimum atomic E-state index is -0.656. The van der Waals surface area contributed by atoms with Crippen LogP contribution in [0.15, 0.2) is 30.3 Å². The van der Waals surface area contributed by atoms with E-state index in [0.717, 1.165) is 44.1 Å². The van der Waals surface area contributed by atoms with E-state index in [4.69, 9.17) is 25.8 Å². The van der Waals surface area contributed by atoms with Crippen LogP contribution in [0, 0.1) is 0 Å². The largest absolute Gasteiger partial charge is 0.507 e. The normalized spacial score (nSPS) is 19.1. The molecule has 10 heteroatoms. The van der Waals surface area contributed by atoms with Crippen LogP contribution in [-0.4, -0.2) is 67.8 Å². The third-order valence-corrected chi connectivity index (χ3v) is 8.52. The molecule has 0 bridgehead atoms. The smallest absolute Gasteiger partial charge is 0.411 e. The Labute approximate surface area is 246 Å². The lowest BCUT2D eigenvalue weighted by molar-refractivity contribution is -0.150. The maximum atomic E-state index is 12.7. The zero-order valence-corrected chi connectivity index (χ0v) is 24.5. The van der Waals surface area contributed by atoms with Gasteiger partial charge in [-0.25, -0.2) is 4.79 Å². The van der Waals surface area contributed by atoms with Gasteiger partial charge in [0.1, 0.15) is 24.2 Å². The van der Waals surface area contributed by atoms with Crippen LogP contribution in [0.1, 0.15) is 78.8 Å². The number of rotatable bonds is 11. The zero-order valence-electron chi connectivity index (χ0n) is 23.7. The Morgan fingerprint density at radius 3 is 2.54 bits per heavy atom. The molecule has 2 aliphatic carbocycles. The van der Waals surface area contributed by atoms with Gasteiger partial charge in [0.15, 0.2) is 6.29 Å². The maximum Gasteiger partial charge on any atom is 0.411 e. The number of phenols is 1. The molecule has 0 unspecified atom stereocenters. The Morgan fingerprint density at radius 2 is 1.85 bits per heavy atom. The van der Waals surface area contributed by atoms with E-state index in [2.05, 4.69) is 10.2 Å². The highest BCUT2D eigenvalue weighted by Crippen LogP contribution is 2.40. The molecular formula is C31H39ClN2O7. The highest BCUT2D eigenvalue weighted by atomic mass is 35.5. The molecule has 2 aromatic carbocycles. The fraction of sp³-hybridized carbons (Fsp3) is 0.516. The fourth-order valence-corrected chi connectivity index (χ4v) is 6.07. The van der Waals surface area contributed by atoms with Gasteiger partial charge in [-0.3, -0.25) is 14.9 Å². The molecule has 0 saturated heterocycles. The van der Waals surface area contributed by atoms with Crippen molar-refractivity contribution in [2.75, 3.05) is 32.6 Å². The Bertz CT molecular complexity index is 1220. The van der Waals surface area contributed by atoms with Crippen LogP contribution in [0.5, 0.6) is 11.5 Å². The summed E-state index contributed by atoms with van der Waals surface area (Å²) in [6.45, 7) is 0.724. The number of esters is 1. The van der Waals surface area contributed by atoms with Crippen LogP contribution in [0.4, 0.5) is 10.5 Å². The number of phenolic OH excluding ortho intramolecular Hbond substituents is 1. The molecule has 1 amide bonds. The number of carbonyl (C=O) groups excluding carboxylic acids is 3. The van der Waals surface area contributed by atoms with E-state index in [1.807, 2.05) is 19.2 Å². The van der Waals surface area contributed by atoms with Crippen LogP contribution in [0.3, 0.4) is 0 Å². The molecule has 9 nitrogen and oxygen atoms in total. The minimum absolute atomic E-state index is 0.0743. The van der Waals surface area contributed by atoms with Gasteiger partial charge >= 0.3 is 12.1 Å². The molecule has 0 spiro atoms. The highest BCUT2D eigenvalue weighted by Gasteiger charge is 2.27. The number of nitrogens with zero attached hydrogens (tertiary/aromatic N) is 1. The summed E-state index contributed by atoms with van der Waals surface area (Å²) in [6, 6.07) is 8.88. The second kappa shape index (κ2) is 14.5. The molecule has 0 atom stereocenters. The molecule has 41 heavy (non-hydrogen) atoms. The molecule has 0 aromatic heterocycles. The molecule has 2 aliphatic rings. The number of aldehydes is 1. The molecule has 0 radical (unpaired) electrons. The van der Waals surface area contributed by atoms with Crippen molar-refractivity contribution >= 4 is 35.6 Å². The number of para-hydroxylation sites is 1. The van der Waals surface area contributed by atoms with E-state index in [1.54, 1.807) is 6.07 Å². The summed E-state index contributed by atoms with van der Waals surface area (Å²) in [4.78, 5) is 38.2. The molecule has 2 fully saturated rings. The molecule has 2 aromatic rings. The van der Waals surface area contributed by atoms with E-state index >= 15 is 0 Å². The van der Waals surface area contributed by atoms with Crippen molar-refractivity contribution in [3.8, 4) is 11.5 Å². The number of likely N-dealkylation sites (N-methyl/N-ethyl adjacent to an activating group) is 1. The van der Waals surface area contributed by atoms with Crippen molar-refractivity contribution in [3.63, 3.8) is 0 Å². The molecule has 4 rings (SSSR count). The van der Waals surface area contributed by atoms with Gasteiger partial charge in [-0.15, -0.1) is 0 Å². The maximum absolute atomic E-state index is 12.7. The van der Waals surface area contributed by atoms with Gasteiger partial charge in [0, 0.05) is 24.2 Å². The van der Waals surface area contributed by atoms with Gasteiger partial charge in [-0.1, -0.05) is 42.6 Å². The lowest BCUT2D eigenvalue weighted by atomic mass is 9.92. The SMILES string of the molecule is COc1cc(NC(=O)OCCN(C)C2CCC(OC(=O)Cc3cccc(C4CCCC4)c3O)CC2)c(Cl)cc1C=O. The summed E-state index contributed by atoms with van der Waals surface area (Å²) >= 11 is 6.15. The first-order chi connectivity index (χ1) is 19.8. The summed E-state index contributed by atoms with van der Waals surface area (Å²) < 4.78 is 16.2. The van der Waals surface area contributed by atoms with Crippen molar-refractivity contribution in [2.24, 2.45) is 0 Å². The number of hydrogen-bond acceptors (Lipinski definition) is 8. The summed E-state index contributed by atoms with van der Waals surface area (Å²) in [5, 5.41) is 13.5. The van der Waals surface area contributed by atoms with Gasteiger partial charge in [0.25, 0.3) is 0 Å². The predicted octanol–water partition coefficient (Wildman–Crippen LogP) is 6.10. The van der Waals surface area contributed by atoms with E-state index in [0.29, 0.717) is 36.1 Å². The molecule has 222 valence electrons. The molecule has 0 heterocycles. The number of ether oxygens (including phenoxy) is 3. The molecule has 0 aliphatic heterocycles.